The Labute approximate surface area is 198 Å². The molecule has 10 heteroatoms. The molecule has 0 fully saturated rings. The van der Waals surface area contributed by atoms with E-state index < -0.39 is 17.8 Å². The standard InChI is InChI=1S/C23H22N2O6S2/c1-4-30-22(28)14-8-10-15(11-9-14)24-20(27)18-13(3)17(23(29)31-5-2)21(33-18)25-19(26)16-7-6-12-32-16/h6-12H,4-5H2,1-3H3,(H,24,27)(H,25,26). The van der Waals surface area contributed by atoms with Crippen molar-refractivity contribution in [2.45, 2.75) is 20.8 Å². The molecule has 3 aromatic rings. The van der Waals surface area contributed by atoms with Crippen LogP contribution in [0.1, 0.15) is 59.5 Å². The van der Waals surface area contributed by atoms with E-state index >= 15 is 0 Å². The lowest BCUT2D eigenvalue weighted by atomic mass is 10.1. The summed E-state index contributed by atoms with van der Waals surface area (Å²) in [5, 5.41) is 7.48. The Kier molecular flexibility index (Phi) is 7.96. The smallest absolute Gasteiger partial charge is 0.341 e. The first-order valence-corrected chi connectivity index (χ1v) is 11.8. The third-order valence-corrected chi connectivity index (χ3v) is 6.53. The predicted molar refractivity (Wildman–Crippen MR) is 128 cm³/mol. The molecular formula is C23H22N2O6S2. The van der Waals surface area contributed by atoms with E-state index in [0.29, 0.717) is 21.7 Å². The number of amides is 2. The number of rotatable bonds is 8. The fraction of sp³-hybridized carbons (Fsp3) is 0.217. The predicted octanol–water partition coefficient (Wildman–Crippen LogP) is 4.98. The van der Waals surface area contributed by atoms with Crippen LogP contribution in [0.5, 0.6) is 0 Å². The van der Waals surface area contributed by atoms with Crippen molar-refractivity contribution >= 4 is 57.1 Å². The first kappa shape index (κ1) is 24.1. The topological polar surface area (TPSA) is 111 Å². The number of nitrogens with one attached hydrogen (secondary N) is 2. The van der Waals surface area contributed by atoms with Gasteiger partial charge in [-0.2, -0.15) is 0 Å². The van der Waals surface area contributed by atoms with E-state index in [1.165, 1.54) is 11.3 Å². The molecule has 0 radical (unpaired) electrons. The third kappa shape index (κ3) is 5.65. The molecule has 8 nitrogen and oxygen atoms in total. The maximum atomic E-state index is 13.0. The summed E-state index contributed by atoms with van der Waals surface area (Å²) < 4.78 is 10.1. The van der Waals surface area contributed by atoms with Crippen molar-refractivity contribution in [2.24, 2.45) is 0 Å². The van der Waals surface area contributed by atoms with Gasteiger partial charge in [-0.1, -0.05) is 6.07 Å². The quantitative estimate of drug-likeness (QED) is 0.435. The highest BCUT2D eigenvalue weighted by atomic mass is 32.1. The van der Waals surface area contributed by atoms with Crippen molar-refractivity contribution in [2.75, 3.05) is 23.8 Å². The van der Waals surface area contributed by atoms with Gasteiger partial charge in [-0.15, -0.1) is 22.7 Å². The second-order valence-electron chi connectivity index (χ2n) is 6.66. The molecule has 2 aromatic heterocycles. The van der Waals surface area contributed by atoms with Crippen LogP contribution in [-0.2, 0) is 9.47 Å². The highest BCUT2D eigenvalue weighted by molar-refractivity contribution is 7.19. The summed E-state index contributed by atoms with van der Waals surface area (Å²) in [5.41, 5.74) is 1.38. The second kappa shape index (κ2) is 10.9. The number of esters is 2. The van der Waals surface area contributed by atoms with Crippen molar-refractivity contribution in [3.8, 4) is 0 Å². The van der Waals surface area contributed by atoms with Gasteiger partial charge in [-0.25, -0.2) is 9.59 Å². The van der Waals surface area contributed by atoms with Crippen LogP contribution in [0.25, 0.3) is 0 Å². The Morgan fingerprint density at radius 3 is 2.15 bits per heavy atom. The second-order valence-corrected chi connectivity index (χ2v) is 8.63. The minimum Gasteiger partial charge on any atom is -0.462 e. The summed E-state index contributed by atoms with van der Waals surface area (Å²) >= 11 is 2.26. The van der Waals surface area contributed by atoms with Gasteiger partial charge in [0.2, 0.25) is 0 Å². The number of carbonyl (C=O) groups is 4. The van der Waals surface area contributed by atoms with Crippen molar-refractivity contribution in [3.63, 3.8) is 0 Å². The molecule has 3 rings (SSSR count). The average Bonchev–Trinajstić information content (AvgIpc) is 3.43. The van der Waals surface area contributed by atoms with Gasteiger partial charge in [0.25, 0.3) is 11.8 Å². The number of thiophene rings is 2. The summed E-state index contributed by atoms with van der Waals surface area (Å²) in [4.78, 5) is 50.6. The fourth-order valence-electron chi connectivity index (χ4n) is 2.93. The highest BCUT2D eigenvalue weighted by Gasteiger charge is 2.27. The van der Waals surface area contributed by atoms with Crippen LogP contribution in [0.3, 0.4) is 0 Å². The maximum absolute atomic E-state index is 13.0. The molecule has 0 unspecified atom stereocenters. The molecular weight excluding hydrogens is 464 g/mol. The van der Waals surface area contributed by atoms with Gasteiger partial charge in [0.15, 0.2) is 0 Å². The molecule has 2 heterocycles. The number of ether oxygens (including phenoxy) is 2. The van der Waals surface area contributed by atoms with E-state index in [4.69, 9.17) is 9.47 Å². The third-order valence-electron chi connectivity index (χ3n) is 4.46. The fourth-order valence-corrected chi connectivity index (χ4v) is 4.64. The number of hydrogen-bond acceptors (Lipinski definition) is 8. The van der Waals surface area contributed by atoms with Crippen molar-refractivity contribution in [1.29, 1.82) is 0 Å². The van der Waals surface area contributed by atoms with E-state index in [1.807, 2.05) is 0 Å². The van der Waals surface area contributed by atoms with Gasteiger partial charge in [-0.3, -0.25) is 9.59 Å². The van der Waals surface area contributed by atoms with Crippen LogP contribution in [0.15, 0.2) is 41.8 Å². The van der Waals surface area contributed by atoms with Crippen molar-refractivity contribution in [3.05, 3.63) is 68.2 Å². The van der Waals surface area contributed by atoms with E-state index in [9.17, 15) is 19.2 Å². The Balaban J connectivity index is 1.85. The van der Waals surface area contributed by atoms with Gasteiger partial charge >= 0.3 is 11.9 Å². The summed E-state index contributed by atoms with van der Waals surface area (Å²) in [7, 11) is 0. The Bertz CT molecular complexity index is 1170. The molecule has 0 spiro atoms. The van der Waals surface area contributed by atoms with E-state index in [2.05, 4.69) is 10.6 Å². The van der Waals surface area contributed by atoms with E-state index in [0.717, 1.165) is 11.3 Å². The molecule has 0 saturated carbocycles. The van der Waals surface area contributed by atoms with Gasteiger partial charge < -0.3 is 20.1 Å². The van der Waals surface area contributed by atoms with Crippen LogP contribution in [0, 0.1) is 6.92 Å². The number of anilines is 2. The average molecular weight is 487 g/mol. The molecule has 0 aliphatic rings. The number of carbonyl (C=O) groups excluding carboxylic acids is 4. The van der Waals surface area contributed by atoms with Gasteiger partial charge in [-0.05, 0) is 62.0 Å². The lowest BCUT2D eigenvalue weighted by Gasteiger charge is -2.07. The molecule has 0 saturated heterocycles. The molecule has 1 aromatic carbocycles. The molecule has 0 aliphatic carbocycles. The van der Waals surface area contributed by atoms with Crippen LogP contribution >= 0.6 is 22.7 Å². The summed E-state index contributed by atoms with van der Waals surface area (Å²) in [6.07, 6.45) is 0. The first-order valence-electron chi connectivity index (χ1n) is 10.1. The highest BCUT2D eigenvalue weighted by Crippen LogP contribution is 2.35. The van der Waals surface area contributed by atoms with Gasteiger partial charge in [0.05, 0.1) is 34.1 Å². The zero-order chi connectivity index (χ0) is 24.0. The molecule has 2 amide bonds. The Hall–Kier alpha value is -3.50. The largest absolute Gasteiger partial charge is 0.462 e. The molecule has 2 N–H and O–H groups in total. The molecule has 33 heavy (non-hydrogen) atoms. The Morgan fingerprint density at radius 1 is 0.879 bits per heavy atom. The Morgan fingerprint density at radius 2 is 1.55 bits per heavy atom. The monoisotopic (exact) mass is 486 g/mol. The van der Waals surface area contributed by atoms with Crippen LogP contribution < -0.4 is 10.6 Å². The summed E-state index contributed by atoms with van der Waals surface area (Å²) in [6.45, 7) is 5.45. The van der Waals surface area contributed by atoms with E-state index in [1.54, 1.807) is 62.5 Å². The number of benzene rings is 1. The molecule has 172 valence electrons. The number of hydrogen-bond donors (Lipinski definition) is 2. The zero-order valence-corrected chi connectivity index (χ0v) is 19.9. The van der Waals surface area contributed by atoms with Crippen LogP contribution in [0.4, 0.5) is 10.7 Å². The van der Waals surface area contributed by atoms with Crippen LogP contribution in [0.2, 0.25) is 0 Å². The molecule has 0 aliphatic heterocycles. The summed E-state index contributed by atoms with van der Waals surface area (Å²) in [6, 6.07) is 9.67. The molecule has 0 bridgehead atoms. The normalized spacial score (nSPS) is 10.4. The first-order chi connectivity index (χ1) is 15.8. The summed E-state index contributed by atoms with van der Waals surface area (Å²) in [5.74, 6) is -1.90. The minimum atomic E-state index is -0.620. The van der Waals surface area contributed by atoms with Gasteiger partial charge in [0.1, 0.15) is 5.00 Å². The van der Waals surface area contributed by atoms with Gasteiger partial charge in [0, 0.05) is 5.69 Å². The lowest BCUT2D eigenvalue weighted by Crippen LogP contribution is -2.14. The maximum Gasteiger partial charge on any atom is 0.341 e. The van der Waals surface area contributed by atoms with Crippen molar-refractivity contribution < 1.29 is 28.7 Å². The van der Waals surface area contributed by atoms with Crippen molar-refractivity contribution in [1.82, 2.24) is 0 Å². The molecule has 0 atom stereocenters. The SMILES string of the molecule is CCOC(=O)c1ccc(NC(=O)c2sc(NC(=O)c3cccs3)c(C(=O)OCC)c2C)cc1. The van der Waals surface area contributed by atoms with Crippen LogP contribution in [-0.4, -0.2) is 37.0 Å². The van der Waals surface area contributed by atoms with E-state index in [-0.39, 0.29) is 34.6 Å². The lowest BCUT2D eigenvalue weighted by molar-refractivity contribution is 0.0517. The minimum absolute atomic E-state index is 0.148. The zero-order valence-electron chi connectivity index (χ0n) is 18.2.